The van der Waals surface area contributed by atoms with Crippen molar-refractivity contribution in [2.75, 3.05) is 19.1 Å². The Kier molecular flexibility index (Phi) is 4.64. The fourth-order valence-corrected chi connectivity index (χ4v) is 3.78. The molecule has 0 fully saturated rings. The van der Waals surface area contributed by atoms with Crippen molar-refractivity contribution in [2.45, 2.75) is 12.1 Å². The van der Waals surface area contributed by atoms with Crippen LogP contribution in [0.15, 0.2) is 66.7 Å². The Morgan fingerprint density at radius 2 is 1.52 bits per heavy atom. The highest BCUT2D eigenvalue weighted by Crippen LogP contribution is 2.49. The van der Waals surface area contributed by atoms with Crippen molar-refractivity contribution in [1.29, 1.82) is 0 Å². The summed E-state index contributed by atoms with van der Waals surface area (Å²) >= 11 is 0. The molecule has 1 heterocycles. The number of methoxy groups -OCH3 is 2. The number of hydrogen-bond donors (Lipinski definition) is 2. The van der Waals surface area contributed by atoms with E-state index >= 15 is 0 Å². The molecule has 148 valence electrons. The second-order valence-electron chi connectivity index (χ2n) is 6.83. The van der Waals surface area contributed by atoms with Gasteiger partial charge in [0.25, 0.3) is 5.91 Å². The van der Waals surface area contributed by atoms with E-state index in [1.807, 2.05) is 36.4 Å². The molecule has 2 N–H and O–H groups in total. The smallest absolute Gasteiger partial charge is 0.268 e. The van der Waals surface area contributed by atoms with Gasteiger partial charge in [0, 0.05) is 17.2 Å². The van der Waals surface area contributed by atoms with Crippen molar-refractivity contribution >= 4 is 11.6 Å². The van der Waals surface area contributed by atoms with Crippen LogP contribution >= 0.6 is 0 Å². The van der Waals surface area contributed by atoms with E-state index in [1.165, 1.54) is 31.3 Å². The molecule has 1 aliphatic rings. The molecule has 29 heavy (non-hydrogen) atoms. The van der Waals surface area contributed by atoms with Gasteiger partial charge < -0.3 is 24.6 Å². The van der Waals surface area contributed by atoms with Crippen LogP contribution in [0.1, 0.15) is 16.7 Å². The van der Waals surface area contributed by atoms with Gasteiger partial charge in [0.15, 0.2) is 11.5 Å². The molecule has 0 aliphatic carbocycles. The Balaban J connectivity index is 1.87. The lowest BCUT2D eigenvalue weighted by Gasteiger charge is -2.25. The fraction of sp³-hybridized carbons (Fsp3) is 0.174. The molecule has 0 aromatic heterocycles. The van der Waals surface area contributed by atoms with E-state index in [4.69, 9.17) is 9.47 Å². The van der Waals surface area contributed by atoms with Crippen molar-refractivity contribution in [1.82, 2.24) is 0 Å². The van der Waals surface area contributed by atoms with Crippen LogP contribution in [0, 0.1) is 0 Å². The molecule has 1 amide bonds. The monoisotopic (exact) mass is 391 g/mol. The van der Waals surface area contributed by atoms with Gasteiger partial charge in [0.1, 0.15) is 5.75 Å². The number of aliphatic hydroxyl groups is 1. The van der Waals surface area contributed by atoms with Crippen molar-refractivity contribution in [3.8, 4) is 17.2 Å². The number of aromatic hydroxyl groups is 1. The zero-order chi connectivity index (χ0) is 20.6. The number of benzene rings is 3. The first-order valence-electron chi connectivity index (χ1n) is 9.14. The summed E-state index contributed by atoms with van der Waals surface area (Å²) < 4.78 is 10.5. The summed E-state index contributed by atoms with van der Waals surface area (Å²) in [6, 6.07) is 19.3. The Morgan fingerprint density at radius 3 is 2.21 bits per heavy atom. The average molecular weight is 391 g/mol. The molecule has 3 aromatic rings. The van der Waals surface area contributed by atoms with Crippen LogP contribution in [0.2, 0.25) is 0 Å². The lowest BCUT2D eigenvalue weighted by atomic mass is 9.86. The first-order chi connectivity index (χ1) is 14.0. The van der Waals surface area contributed by atoms with Crippen molar-refractivity contribution in [2.24, 2.45) is 0 Å². The van der Waals surface area contributed by atoms with Crippen molar-refractivity contribution < 1.29 is 24.5 Å². The van der Waals surface area contributed by atoms with Gasteiger partial charge >= 0.3 is 0 Å². The maximum absolute atomic E-state index is 13.5. The molecular weight excluding hydrogens is 370 g/mol. The molecule has 1 atom stereocenters. The van der Waals surface area contributed by atoms with E-state index in [2.05, 4.69) is 0 Å². The Labute approximate surface area is 168 Å². The minimum Gasteiger partial charge on any atom is -0.507 e. The minimum atomic E-state index is -2.05. The third-order valence-electron chi connectivity index (χ3n) is 5.21. The summed E-state index contributed by atoms with van der Waals surface area (Å²) in [6.07, 6.45) is 0. The van der Waals surface area contributed by atoms with Crippen LogP contribution in [-0.2, 0) is 16.9 Å². The van der Waals surface area contributed by atoms with Crippen LogP contribution in [-0.4, -0.2) is 30.3 Å². The van der Waals surface area contributed by atoms with Gasteiger partial charge in [0.05, 0.1) is 26.5 Å². The number of fused-ring (bicyclic) bond motifs is 1. The van der Waals surface area contributed by atoms with E-state index in [1.54, 1.807) is 18.2 Å². The summed E-state index contributed by atoms with van der Waals surface area (Å²) in [7, 11) is 2.90. The second kappa shape index (κ2) is 7.14. The van der Waals surface area contributed by atoms with Gasteiger partial charge in [-0.3, -0.25) is 4.79 Å². The number of anilines is 1. The maximum Gasteiger partial charge on any atom is 0.268 e. The summed E-state index contributed by atoms with van der Waals surface area (Å²) in [5, 5.41) is 22.3. The van der Waals surface area contributed by atoms with E-state index < -0.39 is 11.5 Å². The highest BCUT2D eigenvalue weighted by Gasteiger charge is 2.52. The van der Waals surface area contributed by atoms with Crippen LogP contribution in [0.4, 0.5) is 5.69 Å². The van der Waals surface area contributed by atoms with Gasteiger partial charge in [0.2, 0.25) is 5.60 Å². The molecule has 0 bridgehead atoms. The lowest BCUT2D eigenvalue weighted by Crippen LogP contribution is -2.41. The summed E-state index contributed by atoms with van der Waals surface area (Å²) in [6.45, 7) is 0.299. The van der Waals surface area contributed by atoms with E-state index in [0.29, 0.717) is 29.3 Å². The number of carbonyl (C=O) groups excluding carboxylic acids is 1. The van der Waals surface area contributed by atoms with Gasteiger partial charge in [-0.05, 0) is 17.7 Å². The SMILES string of the molecule is COc1cc(O)c([C@@]2(O)C(=O)N(Cc3ccccc3)c3ccccc32)cc1OC. The number of nitrogens with zero attached hydrogens (tertiary/aromatic N) is 1. The largest absolute Gasteiger partial charge is 0.507 e. The first kappa shape index (κ1) is 18.8. The molecule has 0 radical (unpaired) electrons. The van der Waals surface area contributed by atoms with Gasteiger partial charge in [-0.1, -0.05) is 48.5 Å². The van der Waals surface area contributed by atoms with Crippen molar-refractivity contribution in [3.63, 3.8) is 0 Å². The normalized spacial score (nSPS) is 17.9. The second-order valence-corrected chi connectivity index (χ2v) is 6.83. The average Bonchev–Trinajstić information content (AvgIpc) is 2.97. The zero-order valence-electron chi connectivity index (χ0n) is 16.1. The van der Waals surface area contributed by atoms with E-state index in [0.717, 1.165) is 5.56 Å². The Hall–Kier alpha value is -3.51. The number of amides is 1. The molecule has 1 aliphatic heterocycles. The predicted molar refractivity (Wildman–Crippen MR) is 108 cm³/mol. The number of hydrogen-bond acceptors (Lipinski definition) is 5. The number of rotatable bonds is 5. The maximum atomic E-state index is 13.5. The number of phenols is 1. The number of para-hydroxylation sites is 1. The summed E-state index contributed by atoms with van der Waals surface area (Å²) in [4.78, 5) is 15.0. The number of ether oxygens (including phenoxy) is 2. The van der Waals surface area contributed by atoms with E-state index in [-0.39, 0.29) is 11.3 Å². The summed E-state index contributed by atoms with van der Waals surface area (Å²) in [5.74, 6) is -0.183. The van der Waals surface area contributed by atoms with Gasteiger partial charge in [-0.15, -0.1) is 0 Å². The molecule has 6 heteroatoms. The molecule has 0 saturated heterocycles. The highest BCUT2D eigenvalue weighted by molar-refractivity contribution is 6.09. The van der Waals surface area contributed by atoms with Crippen LogP contribution in [0.25, 0.3) is 0 Å². The molecule has 6 nitrogen and oxygen atoms in total. The van der Waals surface area contributed by atoms with E-state index in [9.17, 15) is 15.0 Å². The molecule has 3 aromatic carbocycles. The summed E-state index contributed by atoms with van der Waals surface area (Å²) in [5.41, 5.74) is -0.0734. The van der Waals surface area contributed by atoms with Gasteiger partial charge in [-0.2, -0.15) is 0 Å². The molecule has 0 saturated carbocycles. The number of carbonyl (C=O) groups is 1. The standard InChI is InChI=1S/C23H21NO5/c1-28-20-12-17(19(25)13-21(20)29-2)23(27)16-10-6-7-11-18(16)24(22(23)26)14-15-8-4-3-5-9-15/h3-13,25,27H,14H2,1-2H3/t23-/m1/s1. The zero-order valence-corrected chi connectivity index (χ0v) is 16.1. The van der Waals surface area contributed by atoms with Gasteiger partial charge in [-0.25, -0.2) is 0 Å². The topological polar surface area (TPSA) is 79.2 Å². The highest BCUT2D eigenvalue weighted by atomic mass is 16.5. The Bertz CT molecular complexity index is 1070. The Morgan fingerprint density at radius 1 is 0.897 bits per heavy atom. The van der Waals surface area contributed by atoms with Crippen LogP contribution in [0.5, 0.6) is 17.2 Å². The fourth-order valence-electron chi connectivity index (χ4n) is 3.78. The van der Waals surface area contributed by atoms with Crippen LogP contribution < -0.4 is 14.4 Å². The lowest BCUT2D eigenvalue weighted by molar-refractivity contribution is -0.132. The quantitative estimate of drug-likeness (QED) is 0.698. The number of phenolic OH excluding ortho intramolecular Hbond substituents is 1. The predicted octanol–water partition coefficient (Wildman–Crippen LogP) is 3.19. The minimum absolute atomic E-state index is 0.0446. The van der Waals surface area contributed by atoms with Crippen molar-refractivity contribution in [3.05, 3.63) is 83.4 Å². The third-order valence-corrected chi connectivity index (χ3v) is 5.21. The van der Waals surface area contributed by atoms with Crippen LogP contribution in [0.3, 0.4) is 0 Å². The molecule has 0 unspecified atom stereocenters. The third kappa shape index (κ3) is 2.89. The molecule has 4 rings (SSSR count). The first-order valence-corrected chi connectivity index (χ1v) is 9.14. The molecular formula is C23H21NO5. The molecule has 0 spiro atoms.